The van der Waals surface area contributed by atoms with Crippen molar-refractivity contribution in [3.63, 3.8) is 0 Å². The van der Waals surface area contributed by atoms with Crippen LogP contribution in [0.5, 0.6) is 0 Å². The second-order valence-corrected chi connectivity index (χ2v) is 2.04. The average molecular weight is 113 g/mol. The maximum Gasteiger partial charge on any atom is 0.0109 e. The summed E-state index contributed by atoms with van der Waals surface area (Å²) in [6, 6.07) is 0. The van der Waals surface area contributed by atoms with Crippen molar-refractivity contribution < 1.29 is 0 Å². The van der Waals surface area contributed by atoms with Gasteiger partial charge in [-0.05, 0) is 13.3 Å². The Hall–Kier alpha value is -0.300. The minimum atomic E-state index is 0.686. The van der Waals surface area contributed by atoms with Gasteiger partial charge in [-0.2, -0.15) is 0 Å². The van der Waals surface area contributed by atoms with Gasteiger partial charge in [-0.3, -0.25) is 0 Å². The maximum absolute atomic E-state index is 5.28. The molecule has 0 saturated heterocycles. The molecule has 1 heteroatoms. The van der Waals surface area contributed by atoms with E-state index < -0.39 is 0 Å². The zero-order valence-corrected chi connectivity index (χ0v) is 5.78. The molecule has 0 aliphatic carbocycles. The number of rotatable bonds is 3. The Bertz CT molecular complexity index is 74.5. The van der Waals surface area contributed by atoms with E-state index in [1.54, 1.807) is 0 Å². The van der Waals surface area contributed by atoms with E-state index in [2.05, 4.69) is 19.9 Å². The molecule has 0 spiro atoms. The van der Waals surface area contributed by atoms with Gasteiger partial charge in [-0.15, -0.1) is 0 Å². The summed E-state index contributed by atoms with van der Waals surface area (Å²) in [4.78, 5) is 0. The van der Waals surface area contributed by atoms with Gasteiger partial charge in [0, 0.05) is 6.54 Å². The lowest BCUT2D eigenvalue weighted by molar-refractivity contribution is 0.899. The van der Waals surface area contributed by atoms with Crippen LogP contribution in [0.1, 0.15) is 26.7 Å². The summed E-state index contributed by atoms with van der Waals surface area (Å²) in [5.41, 5.74) is 6.70. The van der Waals surface area contributed by atoms with Crippen molar-refractivity contribution >= 4 is 0 Å². The minimum absolute atomic E-state index is 0.686. The summed E-state index contributed by atoms with van der Waals surface area (Å²) in [7, 11) is 0. The van der Waals surface area contributed by atoms with Gasteiger partial charge in [0.05, 0.1) is 0 Å². The Morgan fingerprint density at radius 2 is 2.25 bits per heavy atom. The third-order valence-corrected chi connectivity index (χ3v) is 1.11. The highest BCUT2D eigenvalue weighted by molar-refractivity contribution is 4.97. The van der Waals surface area contributed by atoms with Crippen LogP contribution in [0.4, 0.5) is 0 Å². The van der Waals surface area contributed by atoms with Crippen molar-refractivity contribution in [3.8, 4) is 0 Å². The smallest absolute Gasteiger partial charge is 0.0109 e. The van der Waals surface area contributed by atoms with Crippen molar-refractivity contribution in [2.24, 2.45) is 5.73 Å². The first kappa shape index (κ1) is 7.70. The maximum atomic E-state index is 5.28. The first-order chi connectivity index (χ1) is 3.81. The van der Waals surface area contributed by atoms with Gasteiger partial charge in [0.15, 0.2) is 0 Å². The minimum Gasteiger partial charge on any atom is -0.327 e. The van der Waals surface area contributed by atoms with Crippen LogP contribution in [0.3, 0.4) is 0 Å². The van der Waals surface area contributed by atoms with Crippen molar-refractivity contribution in [3.05, 3.63) is 11.6 Å². The van der Waals surface area contributed by atoms with E-state index in [-0.39, 0.29) is 0 Å². The number of allylic oxidation sites excluding steroid dienone is 1. The van der Waals surface area contributed by atoms with Crippen molar-refractivity contribution in [1.29, 1.82) is 0 Å². The summed E-state index contributed by atoms with van der Waals surface area (Å²) in [5.74, 6) is 0. The molecule has 48 valence electrons. The van der Waals surface area contributed by atoms with Gasteiger partial charge in [0.1, 0.15) is 0 Å². The molecule has 1 nitrogen and oxygen atoms in total. The lowest BCUT2D eigenvalue weighted by Crippen LogP contribution is -1.94. The van der Waals surface area contributed by atoms with Gasteiger partial charge < -0.3 is 5.73 Å². The largest absolute Gasteiger partial charge is 0.327 e. The summed E-state index contributed by atoms with van der Waals surface area (Å²) in [5, 5.41) is 0. The van der Waals surface area contributed by atoms with Crippen LogP contribution in [0.2, 0.25) is 0 Å². The molecule has 2 N–H and O–H groups in total. The fourth-order valence-corrected chi connectivity index (χ4v) is 0.698. The number of nitrogens with two attached hydrogens (primary N) is 1. The highest BCUT2D eigenvalue weighted by atomic mass is 14.5. The fraction of sp³-hybridized carbons (Fsp3) is 0.714. The molecule has 0 bridgehead atoms. The molecular formula is C7H15N. The molecule has 0 radical (unpaired) electrons. The molecule has 8 heavy (non-hydrogen) atoms. The van der Waals surface area contributed by atoms with Crippen LogP contribution in [0, 0.1) is 0 Å². The first-order valence-electron chi connectivity index (χ1n) is 3.17. The van der Waals surface area contributed by atoms with Crippen molar-refractivity contribution in [2.45, 2.75) is 26.7 Å². The zero-order chi connectivity index (χ0) is 6.41. The second kappa shape index (κ2) is 4.85. The predicted octanol–water partition coefficient (Wildman–Crippen LogP) is 1.69. The number of hydrogen-bond donors (Lipinski definition) is 1. The average Bonchev–Trinajstić information content (AvgIpc) is 1.68. The Morgan fingerprint density at radius 3 is 2.62 bits per heavy atom. The molecule has 0 aliphatic heterocycles. The van der Waals surface area contributed by atoms with Crippen molar-refractivity contribution in [2.75, 3.05) is 6.54 Å². The Morgan fingerprint density at radius 1 is 1.62 bits per heavy atom. The van der Waals surface area contributed by atoms with E-state index in [1.165, 1.54) is 18.4 Å². The Balaban J connectivity index is 3.29. The summed E-state index contributed by atoms with van der Waals surface area (Å²) in [6.07, 6.45) is 4.49. The van der Waals surface area contributed by atoms with Crippen LogP contribution in [0.15, 0.2) is 11.6 Å². The number of hydrogen-bond acceptors (Lipinski definition) is 1. The molecule has 0 aliphatic rings. The normalized spacial score (nSPS) is 12.1. The van der Waals surface area contributed by atoms with E-state index in [0.717, 1.165) is 0 Å². The van der Waals surface area contributed by atoms with E-state index in [1.807, 2.05) is 0 Å². The van der Waals surface area contributed by atoms with Crippen LogP contribution < -0.4 is 5.73 Å². The standard InChI is InChI=1S/C7H15N/c1-3-4-7(2)5-6-8/h5H,3-4,6,8H2,1-2H3/b7-5+. The van der Waals surface area contributed by atoms with E-state index in [4.69, 9.17) is 5.73 Å². The van der Waals surface area contributed by atoms with Crippen LogP contribution in [-0.4, -0.2) is 6.54 Å². The summed E-state index contributed by atoms with van der Waals surface area (Å²) < 4.78 is 0. The zero-order valence-electron chi connectivity index (χ0n) is 5.78. The van der Waals surface area contributed by atoms with Gasteiger partial charge in [0.2, 0.25) is 0 Å². The first-order valence-corrected chi connectivity index (χ1v) is 3.17. The van der Waals surface area contributed by atoms with Gasteiger partial charge in [0.25, 0.3) is 0 Å². The van der Waals surface area contributed by atoms with Crippen LogP contribution in [0.25, 0.3) is 0 Å². The molecule has 0 aromatic heterocycles. The van der Waals surface area contributed by atoms with Crippen molar-refractivity contribution in [1.82, 2.24) is 0 Å². The third-order valence-electron chi connectivity index (χ3n) is 1.11. The molecule has 0 aromatic rings. The van der Waals surface area contributed by atoms with Crippen LogP contribution in [-0.2, 0) is 0 Å². The summed E-state index contributed by atoms with van der Waals surface area (Å²) >= 11 is 0. The SMILES string of the molecule is CCC/C(C)=C/CN. The molecule has 0 rings (SSSR count). The Kier molecular flexibility index (Phi) is 4.67. The molecule has 0 aromatic carbocycles. The topological polar surface area (TPSA) is 26.0 Å². The van der Waals surface area contributed by atoms with E-state index in [9.17, 15) is 0 Å². The van der Waals surface area contributed by atoms with E-state index >= 15 is 0 Å². The fourth-order valence-electron chi connectivity index (χ4n) is 0.698. The highest BCUT2D eigenvalue weighted by Gasteiger charge is 1.82. The molecule has 0 saturated carbocycles. The van der Waals surface area contributed by atoms with Gasteiger partial charge in [-0.1, -0.05) is 25.0 Å². The monoisotopic (exact) mass is 113 g/mol. The predicted molar refractivity (Wildman–Crippen MR) is 37.7 cm³/mol. The third kappa shape index (κ3) is 3.88. The molecular weight excluding hydrogens is 98.1 g/mol. The quantitative estimate of drug-likeness (QED) is 0.554. The second-order valence-electron chi connectivity index (χ2n) is 2.04. The lowest BCUT2D eigenvalue weighted by Gasteiger charge is -1.93. The van der Waals surface area contributed by atoms with Crippen LogP contribution >= 0.6 is 0 Å². The molecule has 0 heterocycles. The summed E-state index contributed by atoms with van der Waals surface area (Å²) in [6.45, 7) is 4.98. The molecule has 0 unspecified atom stereocenters. The highest BCUT2D eigenvalue weighted by Crippen LogP contribution is 2.00. The molecule has 0 atom stereocenters. The molecule has 0 fully saturated rings. The van der Waals surface area contributed by atoms with E-state index in [0.29, 0.717) is 6.54 Å². The lowest BCUT2D eigenvalue weighted by atomic mass is 10.2. The van der Waals surface area contributed by atoms with Gasteiger partial charge in [-0.25, -0.2) is 0 Å². The Labute approximate surface area is 51.6 Å². The van der Waals surface area contributed by atoms with Gasteiger partial charge >= 0.3 is 0 Å². The molecule has 0 amide bonds.